The fraction of sp³-hybridized carbons (Fsp3) is 0.571. The average molecular weight is 266 g/mol. The predicted octanol–water partition coefficient (Wildman–Crippen LogP) is 1.66. The highest BCUT2D eigenvalue weighted by molar-refractivity contribution is 6.62. The van der Waals surface area contributed by atoms with Crippen molar-refractivity contribution in [1.29, 1.82) is 0 Å². The van der Waals surface area contributed by atoms with E-state index in [1.165, 1.54) is 6.07 Å². The Morgan fingerprint density at radius 1 is 1.16 bits per heavy atom. The number of halogens is 1. The summed E-state index contributed by atoms with van der Waals surface area (Å²) in [4.78, 5) is 0. The van der Waals surface area contributed by atoms with Crippen LogP contribution in [0.25, 0.3) is 0 Å². The number of hydrogen-bond donors (Lipinski definition) is 1. The molecule has 1 fully saturated rings. The second-order valence-corrected chi connectivity index (χ2v) is 5.91. The van der Waals surface area contributed by atoms with Gasteiger partial charge in [-0.05, 0) is 51.2 Å². The zero-order valence-electron chi connectivity index (χ0n) is 11.9. The van der Waals surface area contributed by atoms with Crippen molar-refractivity contribution in [2.24, 2.45) is 0 Å². The third-order valence-corrected chi connectivity index (χ3v) is 3.98. The summed E-state index contributed by atoms with van der Waals surface area (Å²) >= 11 is 0. The van der Waals surface area contributed by atoms with Gasteiger partial charge in [-0.25, -0.2) is 4.39 Å². The summed E-state index contributed by atoms with van der Waals surface area (Å²) in [5.74, 6) is -0.311. The predicted molar refractivity (Wildman–Crippen MR) is 72.9 cm³/mol. The fourth-order valence-electron chi connectivity index (χ4n) is 2.03. The van der Waals surface area contributed by atoms with Gasteiger partial charge in [-0.2, -0.15) is 0 Å². The van der Waals surface area contributed by atoms with Crippen LogP contribution in [0.15, 0.2) is 18.2 Å². The maximum Gasteiger partial charge on any atom is 0.494 e. The van der Waals surface area contributed by atoms with E-state index in [0.29, 0.717) is 12.0 Å². The topological polar surface area (TPSA) is 38.7 Å². The lowest BCUT2D eigenvalue weighted by Gasteiger charge is -2.32. The summed E-state index contributed by atoms with van der Waals surface area (Å²) < 4.78 is 25.4. The van der Waals surface area contributed by atoms with Crippen LogP contribution < -0.4 is 5.46 Å². The molecule has 5 heteroatoms. The van der Waals surface area contributed by atoms with Crippen LogP contribution in [-0.2, 0) is 15.7 Å². The second-order valence-electron chi connectivity index (χ2n) is 5.91. The molecule has 0 saturated carbocycles. The molecule has 3 nitrogen and oxygen atoms in total. The molecule has 0 amide bonds. The minimum absolute atomic E-state index is 0.0796. The normalized spacial score (nSPS) is 20.8. The maximum absolute atomic E-state index is 13.6. The van der Waals surface area contributed by atoms with E-state index < -0.39 is 18.3 Å². The van der Waals surface area contributed by atoms with Crippen LogP contribution in [0.2, 0.25) is 0 Å². The molecule has 1 saturated heterocycles. The van der Waals surface area contributed by atoms with Crippen molar-refractivity contribution >= 4 is 12.6 Å². The first kappa shape index (κ1) is 14.5. The number of hydrogen-bond acceptors (Lipinski definition) is 3. The first-order valence-corrected chi connectivity index (χ1v) is 6.52. The Morgan fingerprint density at radius 2 is 1.74 bits per heavy atom. The van der Waals surface area contributed by atoms with Crippen LogP contribution >= 0.6 is 0 Å². The zero-order valence-corrected chi connectivity index (χ0v) is 11.9. The summed E-state index contributed by atoms with van der Waals surface area (Å²) in [5.41, 5.74) is 0.435. The largest absolute Gasteiger partial charge is 0.494 e. The molecule has 2 rings (SSSR count). The molecule has 0 aliphatic carbocycles. The van der Waals surface area contributed by atoms with Crippen LogP contribution in [-0.4, -0.2) is 30.0 Å². The molecular weight excluding hydrogens is 246 g/mol. The zero-order chi connectivity index (χ0) is 14.3. The molecule has 1 aliphatic heterocycles. The Kier molecular flexibility index (Phi) is 3.73. The summed E-state index contributed by atoms with van der Waals surface area (Å²) in [6.45, 7) is 7.83. The number of aliphatic hydroxyl groups is 1. The Balaban J connectivity index is 2.27. The molecule has 0 radical (unpaired) electrons. The quantitative estimate of drug-likeness (QED) is 0.845. The van der Waals surface area contributed by atoms with Crippen LogP contribution in [0.3, 0.4) is 0 Å². The van der Waals surface area contributed by atoms with Crippen LogP contribution in [0.1, 0.15) is 33.3 Å². The highest BCUT2D eigenvalue weighted by Gasteiger charge is 2.51. The molecule has 1 heterocycles. The molecule has 0 aromatic heterocycles. The van der Waals surface area contributed by atoms with Crippen molar-refractivity contribution in [2.45, 2.75) is 45.3 Å². The molecule has 1 aliphatic rings. The van der Waals surface area contributed by atoms with Crippen molar-refractivity contribution < 1.29 is 18.8 Å². The van der Waals surface area contributed by atoms with E-state index in [2.05, 4.69) is 0 Å². The van der Waals surface area contributed by atoms with Crippen molar-refractivity contribution in [3.63, 3.8) is 0 Å². The Labute approximate surface area is 113 Å². The first-order valence-electron chi connectivity index (χ1n) is 6.52. The lowest BCUT2D eigenvalue weighted by atomic mass is 9.78. The molecule has 0 bridgehead atoms. The summed E-state index contributed by atoms with van der Waals surface area (Å²) in [6.07, 6.45) is 0.291. The van der Waals surface area contributed by atoms with Gasteiger partial charge in [0.25, 0.3) is 0 Å². The number of rotatable bonds is 3. The molecule has 1 N–H and O–H groups in total. The molecule has 0 unspecified atom stereocenters. The summed E-state index contributed by atoms with van der Waals surface area (Å²) in [5, 5.41) is 8.94. The van der Waals surface area contributed by atoms with E-state index in [1.807, 2.05) is 27.7 Å². The van der Waals surface area contributed by atoms with Crippen molar-refractivity contribution in [2.75, 3.05) is 6.61 Å². The molecule has 0 spiro atoms. The lowest BCUT2D eigenvalue weighted by Crippen LogP contribution is -2.41. The Hall–Kier alpha value is -0.905. The highest BCUT2D eigenvalue weighted by Crippen LogP contribution is 2.36. The van der Waals surface area contributed by atoms with Gasteiger partial charge < -0.3 is 14.4 Å². The van der Waals surface area contributed by atoms with Gasteiger partial charge in [0.1, 0.15) is 5.82 Å². The van der Waals surface area contributed by atoms with E-state index >= 15 is 0 Å². The van der Waals surface area contributed by atoms with E-state index in [4.69, 9.17) is 14.4 Å². The Bertz CT molecular complexity index is 458. The minimum Gasteiger partial charge on any atom is -0.399 e. The van der Waals surface area contributed by atoms with Crippen molar-refractivity contribution in [3.8, 4) is 0 Å². The Morgan fingerprint density at radius 3 is 2.26 bits per heavy atom. The standard InChI is InChI=1S/C14H20BFO3/c1-13(2)14(3,4)19-15(18-13)11-5-6-12(16)10(9-11)7-8-17/h5-6,9,17H,7-8H2,1-4H3. The average Bonchev–Trinajstić information content (AvgIpc) is 2.51. The van der Waals surface area contributed by atoms with Gasteiger partial charge in [0.2, 0.25) is 0 Å². The fourth-order valence-corrected chi connectivity index (χ4v) is 2.03. The second kappa shape index (κ2) is 4.89. The highest BCUT2D eigenvalue weighted by atomic mass is 19.1. The van der Waals surface area contributed by atoms with E-state index in [1.54, 1.807) is 12.1 Å². The molecular formula is C14H20BFO3. The monoisotopic (exact) mass is 266 g/mol. The number of aliphatic hydroxyl groups excluding tert-OH is 1. The maximum atomic E-state index is 13.6. The third kappa shape index (κ3) is 2.68. The van der Waals surface area contributed by atoms with Crippen molar-refractivity contribution in [1.82, 2.24) is 0 Å². The first-order chi connectivity index (χ1) is 8.77. The van der Waals surface area contributed by atoms with Crippen LogP contribution in [0.4, 0.5) is 4.39 Å². The molecule has 19 heavy (non-hydrogen) atoms. The van der Waals surface area contributed by atoms with Crippen molar-refractivity contribution in [3.05, 3.63) is 29.6 Å². The van der Waals surface area contributed by atoms with Gasteiger partial charge in [0.15, 0.2) is 0 Å². The van der Waals surface area contributed by atoms with Gasteiger partial charge >= 0.3 is 7.12 Å². The van der Waals surface area contributed by atoms with Gasteiger partial charge in [-0.15, -0.1) is 0 Å². The lowest BCUT2D eigenvalue weighted by molar-refractivity contribution is 0.00578. The molecule has 0 atom stereocenters. The summed E-state index contributed by atoms with van der Waals surface area (Å²) in [6, 6.07) is 4.76. The van der Waals surface area contributed by atoms with E-state index in [-0.39, 0.29) is 12.4 Å². The summed E-state index contributed by atoms with van der Waals surface area (Å²) in [7, 11) is -0.497. The van der Waals surface area contributed by atoms with E-state index in [0.717, 1.165) is 5.46 Å². The molecule has 1 aromatic carbocycles. The number of benzene rings is 1. The van der Waals surface area contributed by atoms with Crippen LogP contribution in [0, 0.1) is 5.82 Å². The van der Waals surface area contributed by atoms with E-state index in [9.17, 15) is 4.39 Å². The SMILES string of the molecule is CC1(C)OB(c2ccc(F)c(CCO)c2)OC1(C)C. The minimum atomic E-state index is -0.497. The molecule has 104 valence electrons. The van der Waals surface area contributed by atoms with Gasteiger partial charge in [-0.3, -0.25) is 0 Å². The van der Waals surface area contributed by atoms with Crippen LogP contribution in [0.5, 0.6) is 0 Å². The third-order valence-electron chi connectivity index (χ3n) is 3.98. The smallest absolute Gasteiger partial charge is 0.399 e. The van der Waals surface area contributed by atoms with Gasteiger partial charge in [-0.1, -0.05) is 12.1 Å². The van der Waals surface area contributed by atoms with Gasteiger partial charge in [0.05, 0.1) is 11.2 Å². The molecule has 1 aromatic rings. The van der Waals surface area contributed by atoms with Gasteiger partial charge in [0, 0.05) is 6.61 Å².